The van der Waals surface area contributed by atoms with Crippen LogP contribution in [0.1, 0.15) is 5.56 Å². The zero-order valence-corrected chi connectivity index (χ0v) is 16.3. The quantitative estimate of drug-likeness (QED) is 0.554. The van der Waals surface area contributed by atoms with Gasteiger partial charge in [0.05, 0.1) is 17.7 Å². The zero-order valence-electron chi connectivity index (χ0n) is 15.5. The first-order valence-electron chi connectivity index (χ1n) is 8.68. The third-order valence-electron chi connectivity index (χ3n) is 4.46. The fraction of sp³-hybridized carbons (Fsp3) is 0.0952. The number of aromatic nitrogens is 2. The van der Waals surface area contributed by atoms with E-state index in [0.717, 1.165) is 22.5 Å². The van der Waals surface area contributed by atoms with Gasteiger partial charge in [0.15, 0.2) is 0 Å². The minimum Gasteiger partial charge on any atom is -0.497 e. The molecule has 0 saturated heterocycles. The van der Waals surface area contributed by atoms with Gasteiger partial charge >= 0.3 is 0 Å². The van der Waals surface area contributed by atoms with Gasteiger partial charge in [0.25, 0.3) is 10.0 Å². The van der Waals surface area contributed by atoms with Crippen LogP contribution in [0, 0.1) is 6.92 Å². The second kappa shape index (κ2) is 7.01. The van der Waals surface area contributed by atoms with Crippen LogP contribution >= 0.6 is 0 Å². The number of nitrogens with zero attached hydrogens (tertiary/aromatic N) is 2. The van der Waals surface area contributed by atoms with E-state index in [1.807, 2.05) is 41.9 Å². The largest absolute Gasteiger partial charge is 0.497 e. The van der Waals surface area contributed by atoms with E-state index < -0.39 is 10.0 Å². The predicted molar refractivity (Wildman–Crippen MR) is 109 cm³/mol. The van der Waals surface area contributed by atoms with Crippen LogP contribution in [0.2, 0.25) is 0 Å². The number of fused-ring (bicyclic) bond motifs is 1. The summed E-state index contributed by atoms with van der Waals surface area (Å²) in [5.74, 6) is 0.600. The molecule has 7 heteroatoms. The molecule has 0 unspecified atom stereocenters. The maximum atomic E-state index is 12.7. The number of sulfonamides is 1. The van der Waals surface area contributed by atoms with E-state index in [1.165, 1.54) is 19.2 Å². The molecule has 0 saturated carbocycles. The first-order valence-corrected chi connectivity index (χ1v) is 10.2. The molecule has 6 nitrogen and oxygen atoms in total. The molecule has 4 aromatic rings. The highest BCUT2D eigenvalue weighted by molar-refractivity contribution is 7.92. The lowest BCUT2D eigenvalue weighted by atomic mass is 10.1. The first-order chi connectivity index (χ1) is 13.5. The highest BCUT2D eigenvalue weighted by Gasteiger charge is 2.15. The number of pyridine rings is 1. The number of nitrogens with one attached hydrogen (secondary N) is 1. The standard InChI is InChI=1S/C21H19N3O3S/c1-15-5-4-12-24-14-20(22-21(15)24)16-6-3-7-17(13-16)23-28(25,26)19-10-8-18(27-2)9-11-19/h3-14,23H,1-2H3. The van der Waals surface area contributed by atoms with Crippen LogP contribution in [0.25, 0.3) is 16.9 Å². The monoisotopic (exact) mass is 393 g/mol. The molecule has 1 N–H and O–H groups in total. The number of benzene rings is 2. The Labute approximate surface area is 163 Å². The van der Waals surface area contributed by atoms with Gasteiger partial charge in [-0.3, -0.25) is 4.72 Å². The number of methoxy groups -OCH3 is 1. The fourth-order valence-corrected chi connectivity index (χ4v) is 4.05. The summed E-state index contributed by atoms with van der Waals surface area (Å²) >= 11 is 0. The second-order valence-electron chi connectivity index (χ2n) is 6.41. The molecule has 142 valence electrons. The van der Waals surface area contributed by atoms with Crippen molar-refractivity contribution in [1.29, 1.82) is 0 Å². The van der Waals surface area contributed by atoms with Gasteiger partial charge in [0.1, 0.15) is 11.4 Å². The van der Waals surface area contributed by atoms with Crippen LogP contribution in [0.15, 0.2) is 78.0 Å². The average molecular weight is 393 g/mol. The molecule has 2 heterocycles. The molecule has 0 amide bonds. The van der Waals surface area contributed by atoms with Crippen LogP contribution < -0.4 is 9.46 Å². The van der Waals surface area contributed by atoms with Crippen molar-refractivity contribution in [2.24, 2.45) is 0 Å². The van der Waals surface area contributed by atoms with Gasteiger partial charge in [-0.15, -0.1) is 0 Å². The summed E-state index contributed by atoms with van der Waals surface area (Å²) in [7, 11) is -2.16. The minimum atomic E-state index is -3.70. The summed E-state index contributed by atoms with van der Waals surface area (Å²) < 4.78 is 35.0. The maximum absolute atomic E-state index is 12.7. The molecule has 0 fully saturated rings. The van der Waals surface area contributed by atoms with E-state index in [-0.39, 0.29) is 4.90 Å². The van der Waals surface area contributed by atoms with Crippen molar-refractivity contribution < 1.29 is 13.2 Å². The Hall–Kier alpha value is -3.32. The number of hydrogen-bond donors (Lipinski definition) is 1. The molecular weight excluding hydrogens is 374 g/mol. The molecule has 0 aliphatic carbocycles. The van der Waals surface area contributed by atoms with Gasteiger partial charge in [0.2, 0.25) is 0 Å². The normalized spacial score (nSPS) is 11.5. The summed E-state index contributed by atoms with van der Waals surface area (Å²) in [5.41, 5.74) is 4.03. The Morgan fingerprint density at radius 1 is 1.04 bits per heavy atom. The van der Waals surface area contributed by atoms with Crippen molar-refractivity contribution in [3.05, 3.63) is 78.6 Å². The molecule has 0 spiro atoms. The van der Waals surface area contributed by atoms with Crippen LogP contribution in [-0.4, -0.2) is 24.9 Å². The lowest BCUT2D eigenvalue weighted by Crippen LogP contribution is -2.12. The first kappa shape index (κ1) is 18.1. The number of imidazole rings is 1. The molecule has 2 aromatic heterocycles. The zero-order chi connectivity index (χ0) is 19.7. The number of hydrogen-bond acceptors (Lipinski definition) is 4. The van der Waals surface area contributed by atoms with Gasteiger partial charge < -0.3 is 9.14 Å². The number of aryl methyl sites for hydroxylation is 1. The molecule has 0 radical (unpaired) electrons. The van der Waals surface area contributed by atoms with Gasteiger partial charge in [-0.05, 0) is 55.0 Å². The molecule has 0 bridgehead atoms. The fourth-order valence-electron chi connectivity index (χ4n) is 3.00. The second-order valence-corrected chi connectivity index (χ2v) is 8.09. The van der Waals surface area contributed by atoms with Crippen molar-refractivity contribution in [3.63, 3.8) is 0 Å². The average Bonchev–Trinajstić information content (AvgIpc) is 3.14. The Bertz CT molecular complexity index is 1250. The van der Waals surface area contributed by atoms with Crippen molar-refractivity contribution in [2.45, 2.75) is 11.8 Å². The third-order valence-corrected chi connectivity index (χ3v) is 5.86. The molecule has 4 rings (SSSR count). The highest BCUT2D eigenvalue weighted by atomic mass is 32.2. The number of rotatable bonds is 5. The molecule has 0 atom stereocenters. The summed E-state index contributed by atoms with van der Waals surface area (Å²) in [6.07, 6.45) is 3.87. The van der Waals surface area contributed by atoms with E-state index in [9.17, 15) is 8.42 Å². The van der Waals surface area contributed by atoms with Crippen LogP contribution in [0.5, 0.6) is 5.75 Å². The molecule has 28 heavy (non-hydrogen) atoms. The van der Waals surface area contributed by atoms with Gasteiger partial charge in [-0.1, -0.05) is 18.2 Å². The van der Waals surface area contributed by atoms with E-state index in [0.29, 0.717) is 11.4 Å². The van der Waals surface area contributed by atoms with Crippen molar-refractivity contribution in [2.75, 3.05) is 11.8 Å². The lowest BCUT2D eigenvalue weighted by Gasteiger charge is -2.09. The Morgan fingerprint density at radius 2 is 1.82 bits per heavy atom. The summed E-state index contributed by atoms with van der Waals surface area (Å²) in [4.78, 5) is 4.84. The smallest absolute Gasteiger partial charge is 0.261 e. The Balaban J connectivity index is 1.65. The summed E-state index contributed by atoms with van der Waals surface area (Å²) in [5, 5.41) is 0. The van der Waals surface area contributed by atoms with E-state index in [1.54, 1.807) is 30.3 Å². The summed E-state index contributed by atoms with van der Waals surface area (Å²) in [6, 6.07) is 17.4. The topological polar surface area (TPSA) is 72.7 Å². The van der Waals surface area contributed by atoms with Gasteiger partial charge in [0, 0.05) is 23.6 Å². The highest BCUT2D eigenvalue weighted by Crippen LogP contribution is 2.25. The van der Waals surface area contributed by atoms with E-state index >= 15 is 0 Å². The summed E-state index contributed by atoms with van der Waals surface area (Å²) in [6.45, 7) is 2.01. The molecular formula is C21H19N3O3S. The maximum Gasteiger partial charge on any atom is 0.261 e. The van der Waals surface area contributed by atoms with Gasteiger partial charge in [-0.25, -0.2) is 13.4 Å². The number of ether oxygens (including phenoxy) is 1. The molecule has 2 aromatic carbocycles. The van der Waals surface area contributed by atoms with Gasteiger partial charge in [-0.2, -0.15) is 0 Å². The molecule has 0 aliphatic rings. The van der Waals surface area contributed by atoms with Crippen molar-refractivity contribution in [1.82, 2.24) is 9.38 Å². The van der Waals surface area contributed by atoms with E-state index in [4.69, 9.17) is 4.74 Å². The predicted octanol–water partition coefficient (Wildman–Crippen LogP) is 4.12. The SMILES string of the molecule is COc1ccc(S(=O)(=O)Nc2cccc(-c3cn4cccc(C)c4n3)c2)cc1. The molecule has 0 aliphatic heterocycles. The number of anilines is 1. The Morgan fingerprint density at radius 3 is 2.54 bits per heavy atom. The van der Waals surface area contributed by atoms with Crippen LogP contribution in [0.4, 0.5) is 5.69 Å². The van der Waals surface area contributed by atoms with Crippen molar-refractivity contribution in [3.8, 4) is 17.0 Å². The van der Waals surface area contributed by atoms with Crippen LogP contribution in [0.3, 0.4) is 0 Å². The van der Waals surface area contributed by atoms with Crippen molar-refractivity contribution >= 4 is 21.4 Å². The minimum absolute atomic E-state index is 0.169. The van der Waals surface area contributed by atoms with Crippen LogP contribution in [-0.2, 0) is 10.0 Å². The van der Waals surface area contributed by atoms with E-state index in [2.05, 4.69) is 9.71 Å². The Kier molecular flexibility index (Phi) is 4.52. The third kappa shape index (κ3) is 3.44. The lowest BCUT2D eigenvalue weighted by molar-refractivity contribution is 0.414.